The van der Waals surface area contributed by atoms with Crippen LogP contribution in [0.15, 0.2) is 78.3 Å². The Bertz CT molecular complexity index is 1740. The average Bonchev–Trinajstić information content (AvgIpc) is 3.55. The summed E-state index contributed by atoms with van der Waals surface area (Å²) in [5, 5.41) is 4.29. The number of hydrogen-bond donors (Lipinski definition) is 2. The van der Waals surface area contributed by atoms with Crippen LogP contribution in [0.4, 0.5) is 4.79 Å². The molecule has 1 saturated heterocycles. The van der Waals surface area contributed by atoms with E-state index < -0.39 is 57.1 Å². The number of sulfonamides is 1. The van der Waals surface area contributed by atoms with Crippen LogP contribution in [0.2, 0.25) is 0 Å². The van der Waals surface area contributed by atoms with Crippen LogP contribution in [0.25, 0.3) is 10.8 Å². The number of likely N-dealkylation sites (tertiary alicyclic amines) is 1. The third kappa shape index (κ3) is 6.72. The minimum atomic E-state index is -4.20. The van der Waals surface area contributed by atoms with Gasteiger partial charge in [-0.1, -0.05) is 24.3 Å². The molecule has 1 aromatic heterocycles. The Kier molecular flexibility index (Phi) is 8.49. The van der Waals surface area contributed by atoms with Crippen LogP contribution in [0.3, 0.4) is 0 Å². The van der Waals surface area contributed by atoms with E-state index in [1.54, 1.807) is 46.2 Å². The molecule has 2 aliphatic rings. The second-order valence-electron chi connectivity index (χ2n) is 12.1. The van der Waals surface area contributed by atoms with E-state index in [1.165, 1.54) is 35.2 Å². The highest BCUT2D eigenvalue weighted by Gasteiger charge is 2.61. The maximum Gasteiger partial charge on any atom is 0.411 e. The zero-order chi connectivity index (χ0) is 32.6. The molecule has 2 fully saturated rings. The highest BCUT2D eigenvalue weighted by molar-refractivity contribution is 7.90. The van der Waals surface area contributed by atoms with Crippen molar-refractivity contribution < 1.29 is 37.0 Å². The van der Waals surface area contributed by atoms with Crippen molar-refractivity contribution in [2.24, 2.45) is 5.92 Å². The van der Waals surface area contributed by atoms with E-state index in [9.17, 15) is 22.8 Å². The van der Waals surface area contributed by atoms with Gasteiger partial charge in [-0.3, -0.25) is 14.5 Å². The van der Waals surface area contributed by atoms with Crippen LogP contribution in [0.1, 0.15) is 33.6 Å². The summed E-state index contributed by atoms with van der Waals surface area (Å²) in [5.41, 5.74) is -2.40. The fourth-order valence-corrected chi connectivity index (χ4v) is 6.43. The van der Waals surface area contributed by atoms with Crippen molar-refractivity contribution >= 4 is 38.7 Å². The second kappa shape index (κ2) is 12.0. The summed E-state index contributed by atoms with van der Waals surface area (Å²) < 4.78 is 45.1. The normalized spacial score (nSPS) is 22.8. The molecular weight excluding hydrogens is 600 g/mol. The van der Waals surface area contributed by atoms with Crippen molar-refractivity contribution in [3.63, 3.8) is 0 Å². The largest absolute Gasteiger partial charge is 0.497 e. The first-order valence-corrected chi connectivity index (χ1v) is 15.9. The number of aromatic nitrogens is 1. The maximum absolute atomic E-state index is 13.9. The number of amides is 3. The smallest absolute Gasteiger partial charge is 0.411 e. The van der Waals surface area contributed by atoms with E-state index in [4.69, 9.17) is 14.2 Å². The SMILES string of the molecule is C=C[C@@H]1C[C@]1(NC(=O)C1C[C@@H](Oc2nccc3cc(OC)ccc23)CN1C(=O)OC(C)(C)C)C(=O)NS(=O)(=O)c1ccccc1. The predicted molar refractivity (Wildman–Crippen MR) is 165 cm³/mol. The van der Waals surface area contributed by atoms with Crippen molar-refractivity contribution in [1.82, 2.24) is 19.9 Å². The lowest BCUT2D eigenvalue weighted by molar-refractivity contribution is -0.131. The van der Waals surface area contributed by atoms with Crippen molar-refractivity contribution in [2.75, 3.05) is 13.7 Å². The summed E-state index contributed by atoms with van der Waals surface area (Å²) in [6, 6.07) is 13.6. The number of rotatable bonds is 9. The topological polar surface area (TPSA) is 153 Å². The molecule has 0 bridgehead atoms. The highest BCUT2D eigenvalue weighted by atomic mass is 32.2. The first-order chi connectivity index (χ1) is 21.3. The molecule has 1 unspecified atom stereocenters. The maximum atomic E-state index is 13.9. The summed E-state index contributed by atoms with van der Waals surface area (Å²) in [4.78, 5) is 46.1. The standard InChI is InChI=1S/C32H36N4O8S/c1-6-21-18-32(21,29(38)35-45(40,41)24-10-8-7-9-11-24)34-27(37)26-17-23(19-36(26)30(39)44-31(2,3)4)43-28-25-13-12-22(42-5)16-20(25)14-15-33-28/h6-16,21,23,26H,1,17-19H2,2-5H3,(H,34,37)(H,35,38)/t21-,23-,26?,32-/m1/s1. The number of carbonyl (C=O) groups is 3. The molecule has 1 aliphatic carbocycles. The third-order valence-electron chi connectivity index (χ3n) is 7.74. The fourth-order valence-electron chi connectivity index (χ4n) is 5.37. The summed E-state index contributed by atoms with van der Waals surface area (Å²) in [6.45, 7) is 8.88. The molecule has 1 saturated carbocycles. The van der Waals surface area contributed by atoms with Gasteiger partial charge in [-0.2, -0.15) is 0 Å². The van der Waals surface area contributed by atoms with Crippen LogP contribution in [0.5, 0.6) is 11.6 Å². The van der Waals surface area contributed by atoms with Gasteiger partial charge in [0.05, 0.1) is 18.6 Å². The minimum Gasteiger partial charge on any atom is -0.497 e. The number of fused-ring (bicyclic) bond motifs is 1. The van der Waals surface area contributed by atoms with Gasteiger partial charge in [-0.05, 0) is 69.0 Å². The molecule has 0 spiro atoms. The molecule has 2 heterocycles. The van der Waals surface area contributed by atoms with Gasteiger partial charge in [-0.15, -0.1) is 6.58 Å². The van der Waals surface area contributed by atoms with Crippen molar-refractivity contribution in [2.45, 2.75) is 61.8 Å². The summed E-state index contributed by atoms with van der Waals surface area (Å²) in [6.07, 6.45) is 1.91. The number of nitrogens with zero attached hydrogens (tertiary/aromatic N) is 2. The molecule has 2 aromatic carbocycles. The lowest BCUT2D eigenvalue weighted by atomic mass is 10.1. The first-order valence-electron chi connectivity index (χ1n) is 14.4. The molecule has 0 radical (unpaired) electrons. The van der Waals surface area contributed by atoms with E-state index in [-0.39, 0.29) is 24.3 Å². The summed E-state index contributed by atoms with van der Waals surface area (Å²) >= 11 is 0. The second-order valence-corrected chi connectivity index (χ2v) is 13.8. The van der Waals surface area contributed by atoms with Crippen LogP contribution in [-0.4, -0.2) is 73.1 Å². The number of carbonyl (C=O) groups excluding carboxylic acids is 3. The number of hydrogen-bond acceptors (Lipinski definition) is 9. The van der Waals surface area contributed by atoms with E-state index >= 15 is 0 Å². The van der Waals surface area contributed by atoms with Gasteiger partial charge >= 0.3 is 6.09 Å². The van der Waals surface area contributed by atoms with E-state index in [2.05, 4.69) is 21.6 Å². The zero-order valence-corrected chi connectivity index (χ0v) is 26.3. The summed E-state index contributed by atoms with van der Waals surface area (Å²) in [5.74, 6) is -1.08. The van der Waals surface area contributed by atoms with E-state index in [0.717, 1.165) is 10.8 Å². The Morgan fingerprint density at radius 1 is 1.11 bits per heavy atom. The molecule has 3 amide bonds. The van der Waals surface area contributed by atoms with E-state index in [1.807, 2.05) is 18.2 Å². The molecule has 45 heavy (non-hydrogen) atoms. The van der Waals surface area contributed by atoms with Crippen molar-refractivity contribution in [3.05, 3.63) is 73.4 Å². The molecule has 12 nitrogen and oxygen atoms in total. The molecule has 2 N–H and O–H groups in total. The van der Waals surface area contributed by atoms with Crippen LogP contribution in [0, 0.1) is 5.92 Å². The van der Waals surface area contributed by atoms with Gasteiger partial charge in [0.15, 0.2) is 0 Å². The molecule has 4 atom stereocenters. The first kappa shape index (κ1) is 31.8. The third-order valence-corrected chi connectivity index (χ3v) is 9.08. The molecule has 3 aromatic rings. The minimum absolute atomic E-state index is 0.00763. The van der Waals surface area contributed by atoms with Gasteiger partial charge in [0, 0.05) is 23.9 Å². The average molecular weight is 637 g/mol. The lowest BCUT2D eigenvalue weighted by Crippen LogP contribution is -2.56. The monoisotopic (exact) mass is 636 g/mol. The Morgan fingerprint density at radius 2 is 1.84 bits per heavy atom. The van der Waals surface area contributed by atoms with Gasteiger partial charge in [-0.25, -0.2) is 22.9 Å². The predicted octanol–water partition coefficient (Wildman–Crippen LogP) is 3.57. The van der Waals surface area contributed by atoms with Gasteiger partial charge in [0.25, 0.3) is 15.9 Å². The quantitative estimate of drug-likeness (QED) is 0.336. The Balaban J connectivity index is 1.38. The van der Waals surface area contributed by atoms with E-state index in [0.29, 0.717) is 11.6 Å². The van der Waals surface area contributed by atoms with Gasteiger partial charge in [0.1, 0.15) is 29.0 Å². The Morgan fingerprint density at radius 3 is 2.49 bits per heavy atom. The number of pyridine rings is 1. The zero-order valence-electron chi connectivity index (χ0n) is 25.5. The fraction of sp³-hybridized carbons (Fsp3) is 0.375. The van der Waals surface area contributed by atoms with Gasteiger partial charge < -0.3 is 19.5 Å². The molecular formula is C32H36N4O8S. The molecule has 1 aliphatic heterocycles. The Hall–Kier alpha value is -4.65. The van der Waals surface area contributed by atoms with Crippen molar-refractivity contribution in [3.8, 4) is 11.6 Å². The van der Waals surface area contributed by atoms with Gasteiger partial charge in [0.2, 0.25) is 11.8 Å². The number of benzene rings is 2. The summed E-state index contributed by atoms with van der Waals surface area (Å²) in [7, 11) is -2.63. The van der Waals surface area contributed by atoms with Crippen LogP contribution in [-0.2, 0) is 24.3 Å². The molecule has 5 rings (SSSR count). The van der Waals surface area contributed by atoms with Crippen LogP contribution < -0.4 is 19.5 Å². The highest BCUT2D eigenvalue weighted by Crippen LogP contribution is 2.45. The van der Waals surface area contributed by atoms with Crippen LogP contribution >= 0.6 is 0 Å². The number of ether oxygens (including phenoxy) is 3. The lowest BCUT2D eigenvalue weighted by Gasteiger charge is -2.29. The number of nitrogens with one attached hydrogen (secondary N) is 2. The number of methoxy groups -OCH3 is 1. The molecule has 13 heteroatoms. The Labute approximate surface area is 261 Å². The van der Waals surface area contributed by atoms with Crippen molar-refractivity contribution in [1.29, 1.82) is 0 Å². The molecule has 238 valence electrons.